The van der Waals surface area contributed by atoms with Crippen molar-refractivity contribution in [1.29, 1.82) is 0 Å². The van der Waals surface area contributed by atoms with Gasteiger partial charge < -0.3 is 9.84 Å². The monoisotopic (exact) mass is 390 g/mol. The van der Waals surface area contributed by atoms with Crippen LogP contribution in [0.1, 0.15) is 10.4 Å². The average Bonchev–Trinajstić information content (AvgIpc) is 2.42. The summed E-state index contributed by atoms with van der Waals surface area (Å²) in [6.45, 7) is 0. The van der Waals surface area contributed by atoms with E-state index in [9.17, 15) is 14.4 Å². The normalized spacial score (nSPS) is 10.1. The molecule has 106 valence electrons. The van der Waals surface area contributed by atoms with Crippen molar-refractivity contribution in [1.82, 2.24) is 10.9 Å². The molecule has 0 saturated heterocycles. The number of aliphatic carboxylic acids is 1. The summed E-state index contributed by atoms with van der Waals surface area (Å²) < 4.78 is 5.80. The minimum absolute atomic E-state index is 0.331. The number of hydrazine groups is 1. The Hall–Kier alpha value is -2.10. The van der Waals surface area contributed by atoms with Gasteiger partial charge in [-0.05, 0) is 40.8 Å². The lowest BCUT2D eigenvalue weighted by atomic mass is 10.2. The van der Waals surface area contributed by atoms with E-state index < -0.39 is 17.8 Å². The van der Waals surface area contributed by atoms with E-state index >= 15 is 0 Å². The third-order valence-electron chi connectivity index (χ3n) is 2.09. The summed E-state index contributed by atoms with van der Waals surface area (Å²) in [6.07, 6.45) is 1.46. The second-order valence-corrected chi connectivity index (χ2v) is 4.63. The molecule has 0 unspecified atom stereocenters. The lowest BCUT2D eigenvalue weighted by Gasteiger charge is -2.07. The van der Waals surface area contributed by atoms with Crippen LogP contribution in [0.25, 0.3) is 0 Å². The number of carboxylic acids is 1. The Balaban J connectivity index is 2.61. The minimum Gasteiger partial charge on any atom is -0.496 e. The Kier molecular flexibility index (Phi) is 5.97. The molecule has 0 radical (unpaired) electrons. The van der Waals surface area contributed by atoms with Gasteiger partial charge >= 0.3 is 5.97 Å². The number of benzene rings is 1. The van der Waals surface area contributed by atoms with Crippen LogP contribution in [0.3, 0.4) is 0 Å². The molecule has 0 atom stereocenters. The van der Waals surface area contributed by atoms with Crippen LogP contribution in [0.4, 0.5) is 0 Å². The van der Waals surface area contributed by atoms with Crippen LogP contribution in [-0.2, 0) is 9.59 Å². The first kappa shape index (κ1) is 16.0. The molecule has 0 aromatic heterocycles. The number of carboxylic acid groups (broad SMARTS) is 1. The first-order chi connectivity index (χ1) is 9.43. The van der Waals surface area contributed by atoms with E-state index in [-0.39, 0.29) is 0 Å². The van der Waals surface area contributed by atoms with Crippen molar-refractivity contribution in [3.8, 4) is 5.75 Å². The van der Waals surface area contributed by atoms with Gasteiger partial charge in [-0.1, -0.05) is 0 Å². The van der Waals surface area contributed by atoms with Gasteiger partial charge in [0.1, 0.15) is 5.75 Å². The molecule has 0 heterocycles. The smallest absolute Gasteiger partial charge is 0.328 e. The SMILES string of the molecule is COc1ccc(C(=O)NNC(=O)/C=C\C(=O)O)cc1I. The fourth-order valence-corrected chi connectivity index (χ4v) is 1.92. The van der Waals surface area contributed by atoms with E-state index in [1.165, 1.54) is 13.2 Å². The summed E-state index contributed by atoms with van der Waals surface area (Å²) in [7, 11) is 1.52. The molecule has 0 bridgehead atoms. The molecule has 1 aromatic carbocycles. The van der Waals surface area contributed by atoms with E-state index in [0.29, 0.717) is 17.4 Å². The highest BCUT2D eigenvalue weighted by molar-refractivity contribution is 14.1. The second-order valence-electron chi connectivity index (χ2n) is 3.46. The number of hydrogen-bond acceptors (Lipinski definition) is 4. The van der Waals surface area contributed by atoms with Crippen molar-refractivity contribution in [2.24, 2.45) is 0 Å². The van der Waals surface area contributed by atoms with Crippen LogP contribution < -0.4 is 15.6 Å². The molecule has 2 amide bonds. The lowest BCUT2D eigenvalue weighted by molar-refractivity contribution is -0.131. The molecule has 0 aliphatic heterocycles. The average molecular weight is 390 g/mol. The first-order valence-electron chi connectivity index (χ1n) is 5.29. The predicted molar refractivity (Wildman–Crippen MR) is 78.1 cm³/mol. The van der Waals surface area contributed by atoms with Crippen molar-refractivity contribution in [3.05, 3.63) is 39.5 Å². The Morgan fingerprint density at radius 3 is 2.50 bits per heavy atom. The van der Waals surface area contributed by atoms with Gasteiger partial charge in [0, 0.05) is 17.7 Å². The maximum absolute atomic E-state index is 11.7. The summed E-state index contributed by atoms with van der Waals surface area (Å²) >= 11 is 2.01. The third-order valence-corrected chi connectivity index (χ3v) is 2.93. The summed E-state index contributed by atoms with van der Waals surface area (Å²) in [6, 6.07) is 4.76. The molecule has 7 nitrogen and oxygen atoms in total. The molecule has 1 aromatic rings. The molecule has 0 aliphatic carbocycles. The van der Waals surface area contributed by atoms with Crippen LogP contribution in [0.2, 0.25) is 0 Å². The van der Waals surface area contributed by atoms with Gasteiger partial charge in [0.05, 0.1) is 10.7 Å². The number of carbonyl (C=O) groups is 3. The van der Waals surface area contributed by atoms with Gasteiger partial charge in [-0.15, -0.1) is 0 Å². The van der Waals surface area contributed by atoms with Crippen LogP contribution in [0.5, 0.6) is 5.75 Å². The first-order valence-corrected chi connectivity index (χ1v) is 6.36. The summed E-state index contributed by atoms with van der Waals surface area (Å²) in [4.78, 5) is 33.1. The van der Waals surface area contributed by atoms with Gasteiger partial charge in [-0.3, -0.25) is 20.4 Å². The Morgan fingerprint density at radius 1 is 1.25 bits per heavy atom. The molecule has 0 spiro atoms. The highest BCUT2D eigenvalue weighted by Crippen LogP contribution is 2.21. The molecule has 1 rings (SSSR count). The molecule has 0 saturated carbocycles. The summed E-state index contributed by atoms with van der Waals surface area (Å²) in [5.41, 5.74) is 4.55. The van der Waals surface area contributed by atoms with Crippen LogP contribution >= 0.6 is 22.6 Å². The maximum atomic E-state index is 11.7. The molecule has 0 fully saturated rings. The summed E-state index contributed by atoms with van der Waals surface area (Å²) in [5, 5.41) is 8.33. The Bertz CT molecular complexity index is 571. The Morgan fingerprint density at radius 2 is 1.95 bits per heavy atom. The highest BCUT2D eigenvalue weighted by atomic mass is 127. The summed E-state index contributed by atoms with van der Waals surface area (Å²) in [5.74, 6) is -1.89. The van der Waals surface area contributed by atoms with Gasteiger partial charge in [-0.2, -0.15) is 0 Å². The van der Waals surface area contributed by atoms with E-state index in [1.54, 1.807) is 12.1 Å². The molecular formula is C12H11IN2O5. The zero-order chi connectivity index (χ0) is 15.1. The number of ether oxygens (including phenoxy) is 1. The van der Waals surface area contributed by atoms with Gasteiger partial charge in [-0.25, -0.2) is 4.79 Å². The predicted octanol–water partition coefficient (Wildman–Crippen LogP) is 0.702. The van der Waals surface area contributed by atoms with Crippen molar-refractivity contribution in [2.75, 3.05) is 7.11 Å². The third kappa shape index (κ3) is 4.88. The number of hydrogen-bond donors (Lipinski definition) is 3. The molecule has 20 heavy (non-hydrogen) atoms. The van der Waals surface area contributed by atoms with Crippen molar-refractivity contribution in [2.45, 2.75) is 0 Å². The number of halogens is 1. The quantitative estimate of drug-likeness (QED) is 0.399. The number of carbonyl (C=O) groups excluding carboxylic acids is 2. The molecule has 3 N–H and O–H groups in total. The van der Waals surface area contributed by atoms with Crippen molar-refractivity contribution >= 4 is 40.4 Å². The zero-order valence-electron chi connectivity index (χ0n) is 10.3. The van der Waals surface area contributed by atoms with E-state index in [0.717, 1.165) is 9.65 Å². The van der Waals surface area contributed by atoms with E-state index in [1.807, 2.05) is 22.6 Å². The second kappa shape index (κ2) is 7.48. The number of nitrogens with one attached hydrogen (secondary N) is 2. The number of rotatable bonds is 4. The van der Waals surface area contributed by atoms with Crippen LogP contribution in [0, 0.1) is 3.57 Å². The van der Waals surface area contributed by atoms with Gasteiger partial charge in [0.25, 0.3) is 11.8 Å². The van der Waals surface area contributed by atoms with Crippen molar-refractivity contribution in [3.63, 3.8) is 0 Å². The largest absolute Gasteiger partial charge is 0.496 e. The maximum Gasteiger partial charge on any atom is 0.328 e. The Labute approximate surface area is 128 Å². The fraction of sp³-hybridized carbons (Fsp3) is 0.0833. The van der Waals surface area contributed by atoms with Crippen LogP contribution in [-0.4, -0.2) is 30.0 Å². The van der Waals surface area contributed by atoms with E-state index in [2.05, 4.69) is 10.9 Å². The molecule has 0 aliphatic rings. The fourth-order valence-electron chi connectivity index (χ4n) is 1.19. The van der Waals surface area contributed by atoms with Gasteiger partial charge in [0.2, 0.25) is 0 Å². The lowest BCUT2D eigenvalue weighted by Crippen LogP contribution is -2.40. The highest BCUT2D eigenvalue weighted by Gasteiger charge is 2.09. The van der Waals surface area contributed by atoms with Gasteiger partial charge in [0.15, 0.2) is 0 Å². The minimum atomic E-state index is -1.25. The van der Waals surface area contributed by atoms with Crippen molar-refractivity contribution < 1.29 is 24.2 Å². The van der Waals surface area contributed by atoms with Crippen LogP contribution in [0.15, 0.2) is 30.4 Å². The number of amides is 2. The van der Waals surface area contributed by atoms with E-state index in [4.69, 9.17) is 9.84 Å². The molecular weight excluding hydrogens is 379 g/mol. The molecule has 8 heteroatoms. The standard InChI is InChI=1S/C12H11IN2O5/c1-20-9-3-2-7(6-8(9)13)12(19)15-14-10(16)4-5-11(17)18/h2-6H,1H3,(H,14,16)(H,15,19)(H,17,18)/b5-4-. The number of methoxy groups -OCH3 is 1. The zero-order valence-corrected chi connectivity index (χ0v) is 12.5. The topological polar surface area (TPSA) is 105 Å².